The van der Waals surface area contributed by atoms with Crippen LogP contribution >= 0.6 is 0 Å². The van der Waals surface area contributed by atoms with Crippen molar-refractivity contribution in [3.63, 3.8) is 0 Å². The quantitative estimate of drug-likeness (QED) is 0.597. The minimum atomic E-state index is -3.75. The standard InChI is InChI=1S/C24H25N3O4S/c1-31-20-9-11-21(12-10-20)32(29,30)27-16-22(19-7-3-2-4-8-19)23(17-27)24(28)26-15-18-6-5-13-25-14-18/h2-14,22-23H,15-17H2,1H3,(H,26,28). The summed E-state index contributed by atoms with van der Waals surface area (Å²) in [5, 5.41) is 2.95. The highest BCUT2D eigenvalue weighted by Gasteiger charge is 2.43. The first kappa shape index (κ1) is 22.0. The molecular weight excluding hydrogens is 426 g/mol. The van der Waals surface area contributed by atoms with Crippen molar-refractivity contribution in [1.29, 1.82) is 0 Å². The number of nitrogens with one attached hydrogen (secondary N) is 1. The number of hydrogen-bond donors (Lipinski definition) is 1. The molecule has 7 nitrogen and oxygen atoms in total. The second-order valence-electron chi connectivity index (χ2n) is 7.70. The predicted octanol–water partition coefficient (Wildman–Crippen LogP) is 2.81. The summed E-state index contributed by atoms with van der Waals surface area (Å²) in [6.07, 6.45) is 3.37. The van der Waals surface area contributed by atoms with Crippen molar-refractivity contribution in [3.05, 3.63) is 90.3 Å². The third-order valence-electron chi connectivity index (χ3n) is 5.74. The monoisotopic (exact) mass is 451 g/mol. The van der Waals surface area contributed by atoms with Crippen LogP contribution in [0.15, 0.2) is 84.0 Å². The summed E-state index contributed by atoms with van der Waals surface area (Å²) in [6, 6.07) is 19.6. The van der Waals surface area contributed by atoms with Crippen molar-refractivity contribution in [2.75, 3.05) is 20.2 Å². The van der Waals surface area contributed by atoms with Gasteiger partial charge >= 0.3 is 0 Å². The van der Waals surface area contributed by atoms with Crippen molar-refractivity contribution < 1.29 is 17.9 Å². The number of rotatable bonds is 7. The van der Waals surface area contributed by atoms with Crippen molar-refractivity contribution in [3.8, 4) is 5.75 Å². The lowest BCUT2D eigenvalue weighted by atomic mass is 9.88. The van der Waals surface area contributed by atoms with Gasteiger partial charge in [-0.25, -0.2) is 8.42 Å². The van der Waals surface area contributed by atoms with Crippen LogP contribution in [0, 0.1) is 5.92 Å². The SMILES string of the molecule is COc1ccc(S(=O)(=O)N2CC(C(=O)NCc3cccnc3)C(c3ccccc3)C2)cc1. The van der Waals surface area contributed by atoms with Crippen molar-refractivity contribution >= 4 is 15.9 Å². The Labute approximate surface area is 188 Å². The molecule has 2 atom stereocenters. The van der Waals surface area contributed by atoms with Gasteiger partial charge in [-0.1, -0.05) is 36.4 Å². The van der Waals surface area contributed by atoms with Crippen LogP contribution in [0.3, 0.4) is 0 Å². The zero-order valence-electron chi connectivity index (χ0n) is 17.7. The number of nitrogens with zero attached hydrogens (tertiary/aromatic N) is 2. The number of aromatic nitrogens is 1. The Morgan fingerprint density at radius 2 is 1.81 bits per heavy atom. The Balaban J connectivity index is 1.57. The fraction of sp³-hybridized carbons (Fsp3) is 0.250. The highest BCUT2D eigenvalue weighted by molar-refractivity contribution is 7.89. The average Bonchev–Trinajstić information content (AvgIpc) is 3.30. The van der Waals surface area contributed by atoms with E-state index in [2.05, 4.69) is 10.3 Å². The normalized spacial score (nSPS) is 18.9. The lowest BCUT2D eigenvalue weighted by Gasteiger charge is -2.18. The van der Waals surface area contributed by atoms with E-state index in [1.807, 2.05) is 42.5 Å². The maximum atomic E-state index is 13.3. The van der Waals surface area contributed by atoms with E-state index in [0.717, 1.165) is 11.1 Å². The predicted molar refractivity (Wildman–Crippen MR) is 121 cm³/mol. The number of pyridine rings is 1. The lowest BCUT2D eigenvalue weighted by Crippen LogP contribution is -2.35. The van der Waals surface area contributed by atoms with Gasteiger partial charge in [-0.3, -0.25) is 9.78 Å². The molecule has 1 aliphatic heterocycles. The van der Waals surface area contributed by atoms with Gasteiger partial charge in [0.05, 0.1) is 17.9 Å². The number of benzene rings is 2. The molecule has 1 aromatic heterocycles. The molecule has 2 unspecified atom stereocenters. The van der Waals surface area contributed by atoms with Gasteiger partial charge in [0.2, 0.25) is 15.9 Å². The molecule has 8 heteroatoms. The fourth-order valence-corrected chi connectivity index (χ4v) is 5.48. The van der Waals surface area contributed by atoms with E-state index in [4.69, 9.17) is 4.74 Å². The van der Waals surface area contributed by atoms with Crippen LogP contribution in [0.5, 0.6) is 5.75 Å². The van der Waals surface area contributed by atoms with E-state index >= 15 is 0 Å². The summed E-state index contributed by atoms with van der Waals surface area (Å²) < 4.78 is 33.1. The summed E-state index contributed by atoms with van der Waals surface area (Å²) in [6.45, 7) is 0.700. The number of hydrogen-bond acceptors (Lipinski definition) is 5. The molecule has 0 aliphatic carbocycles. The summed E-state index contributed by atoms with van der Waals surface area (Å²) in [7, 11) is -2.22. The molecule has 1 amide bonds. The molecular formula is C24H25N3O4S. The molecule has 1 N–H and O–H groups in total. The molecule has 1 saturated heterocycles. The number of amides is 1. The van der Waals surface area contributed by atoms with Crippen LogP contribution < -0.4 is 10.1 Å². The van der Waals surface area contributed by atoms with Gasteiger partial charge in [0.25, 0.3) is 0 Å². The molecule has 0 spiro atoms. The molecule has 1 aliphatic rings. The largest absolute Gasteiger partial charge is 0.497 e. The minimum absolute atomic E-state index is 0.118. The number of methoxy groups -OCH3 is 1. The van der Waals surface area contributed by atoms with E-state index in [-0.39, 0.29) is 29.8 Å². The van der Waals surface area contributed by atoms with Gasteiger partial charge < -0.3 is 10.1 Å². The van der Waals surface area contributed by atoms with Crippen LogP contribution in [0.1, 0.15) is 17.0 Å². The molecule has 0 radical (unpaired) electrons. The zero-order chi connectivity index (χ0) is 22.6. The van der Waals surface area contributed by atoms with Crippen LogP contribution in [0.4, 0.5) is 0 Å². The summed E-state index contributed by atoms with van der Waals surface area (Å²) in [5.41, 5.74) is 1.83. The molecule has 2 aromatic carbocycles. The summed E-state index contributed by atoms with van der Waals surface area (Å²) in [4.78, 5) is 17.4. The van der Waals surface area contributed by atoms with E-state index in [1.54, 1.807) is 24.5 Å². The van der Waals surface area contributed by atoms with E-state index in [1.165, 1.54) is 23.5 Å². The zero-order valence-corrected chi connectivity index (χ0v) is 18.5. The maximum absolute atomic E-state index is 13.3. The Hall–Kier alpha value is -3.23. The van der Waals surface area contributed by atoms with Crippen LogP contribution in [0.2, 0.25) is 0 Å². The minimum Gasteiger partial charge on any atom is -0.497 e. The average molecular weight is 452 g/mol. The molecule has 2 heterocycles. The third-order valence-corrected chi connectivity index (χ3v) is 7.58. The second kappa shape index (κ2) is 9.50. The molecule has 4 rings (SSSR count). The van der Waals surface area contributed by atoms with Crippen LogP contribution in [-0.2, 0) is 21.4 Å². The first-order valence-corrected chi connectivity index (χ1v) is 11.8. The maximum Gasteiger partial charge on any atom is 0.243 e. The smallest absolute Gasteiger partial charge is 0.243 e. The van der Waals surface area contributed by atoms with E-state index < -0.39 is 15.9 Å². The Morgan fingerprint density at radius 3 is 2.47 bits per heavy atom. The third kappa shape index (κ3) is 4.66. The molecule has 166 valence electrons. The molecule has 0 bridgehead atoms. The molecule has 0 saturated carbocycles. The van der Waals surface area contributed by atoms with Crippen molar-refractivity contribution in [2.24, 2.45) is 5.92 Å². The number of sulfonamides is 1. The van der Waals surface area contributed by atoms with Gasteiger partial charge in [0.15, 0.2) is 0 Å². The summed E-state index contributed by atoms with van der Waals surface area (Å²) >= 11 is 0. The first-order valence-electron chi connectivity index (χ1n) is 10.3. The second-order valence-corrected chi connectivity index (χ2v) is 9.64. The van der Waals surface area contributed by atoms with Crippen molar-refractivity contribution in [1.82, 2.24) is 14.6 Å². The molecule has 1 fully saturated rings. The van der Waals surface area contributed by atoms with Crippen LogP contribution in [-0.4, -0.2) is 43.8 Å². The van der Waals surface area contributed by atoms with Crippen molar-refractivity contribution in [2.45, 2.75) is 17.4 Å². The van der Waals surface area contributed by atoms with Gasteiger partial charge in [0.1, 0.15) is 5.75 Å². The highest BCUT2D eigenvalue weighted by Crippen LogP contribution is 2.36. The Kier molecular flexibility index (Phi) is 6.53. The summed E-state index contributed by atoms with van der Waals surface area (Å²) in [5.74, 6) is -0.324. The highest BCUT2D eigenvalue weighted by atomic mass is 32.2. The Bertz CT molecular complexity index is 1150. The molecule has 32 heavy (non-hydrogen) atoms. The number of carbonyl (C=O) groups is 1. The topological polar surface area (TPSA) is 88.6 Å². The van der Waals surface area contributed by atoms with E-state index in [9.17, 15) is 13.2 Å². The molecule has 3 aromatic rings. The van der Waals surface area contributed by atoms with Gasteiger partial charge in [-0.05, 0) is 41.5 Å². The lowest BCUT2D eigenvalue weighted by molar-refractivity contribution is -0.125. The van der Waals surface area contributed by atoms with E-state index in [0.29, 0.717) is 12.3 Å². The Morgan fingerprint density at radius 1 is 1.06 bits per heavy atom. The van der Waals surface area contributed by atoms with Gasteiger partial charge in [-0.15, -0.1) is 0 Å². The number of ether oxygens (including phenoxy) is 1. The number of carbonyl (C=O) groups excluding carboxylic acids is 1. The first-order chi connectivity index (χ1) is 15.5. The van der Waals surface area contributed by atoms with Gasteiger partial charge in [0, 0.05) is 37.9 Å². The van der Waals surface area contributed by atoms with Crippen LogP contribution in [0.25, 0.3) is 0 Å². The fourth-order valence-electron chi connectivity index (χ4n) is 3.99. The van der Waals surface area contributed by atoms with Gasteiger partial charge in [-0.2, -0.15) is 4.31 Å².